The van der Waals surface area contributed by atoms with E-state index in [-0.39, 0.29) is 5.91 Å². The van der Waals surface area contributed by atoms with Crippen molar-refractivity contribution in [3.8, 4) is 11.4 Å². The van der Waals surface area contributed by atoms with Gasteiger partial charge in [0.05, 0.1) is 0 Å². The summed E-state index contributed by atoms with van der Waals surface area (Å²) in [6, 6.07) is 14.0. The minimum absolute atomic E-state index is 0.0826. The highest BCUT2D eigenvalue weighted by molar-refractivity contribution is 5.76. The minimum Gasteiger partial charge on any atom is -0.346 e. The summed E-state index contributed by atoms with van der Waals surface area (Å²) in [5.41, 5.74) is 2.09. The van der Waals surface area contributed by atoms with Crippen molar-refractivity contribution in [1.82, 2.24) is 20.0 Å². The van der Waals surface area contributed by atoms with E-state index in [1.165, 1.54) is 5.56 Å². The molecule has 0 atom stereocenters. The Balaban J connectivity index is 1.42. The summed E-state index contributed by atoms with van der Waals surface area (Å²) in [5, 5.41) is 3.94. The van der Waals surface area contributed by atoms with E-state index >= 15 is 0 Å². The van der Waals surface area contributed by atoms with E-state index in [0.29, 0.717) is 24.6 Å². The highest BCUT2D eigenvalue weighted by Gasteiger charge is 2.13. The van der Waals surface area contributed by atoms with Gasteiger partial charge < -0.3 is 9.42 Å². The molecule has 134 valence electrons. The van der Waals surface area contributed by atoms with E-state index in [1.807, 2.05) is 37.4 Å². The molecule has 6 nitrogen and oxygen atoms in total. The number of hydrogen-bond acceptors (Lipinski definition) is 5. The summed E-state index contributed by atoms with van der Waals surface area (Å²) in [6.07, 6.45) is 6.08. The first-order chi connectivity index (χ1) is 12.7. The van der Waals surface area contributed by atoms with Crippen LogP contribution in [0.5, 0.6) is 0 Å². The fourth-order valence-corrected chi connectivity index (χ4v) is 2.66. The number of carbonyl (C=O) groups is 1. The smallest absolute Gasteiger partial charge is 0.227 e. The Morgan fingerprint density at radius 2 is 1.96 bits per heavy atom. The summed E-state index contributed by atoms with van der Waals surface area (Å²) in [5.74, 6) is 1.05. The first kappa shape index (κ1) is 17.8. The normalized spacial score (nSPS) is 10.7. The van der Waals surface area contributed by atoms with Gasteiger partial charge in [-0.25, -0.2) is 0 Å². The third-order valence-corrected chi connectivity index (χ3v) is 4.17. The predicted octanol–water partition coefficient (Wildman–Crippen LogP) is 3.16. The molecular weight excluding hydrogens is 328 g/mol. The molecule has 26 heavy (non-hydrogen) atoms. The molecule has 0 saturated carbocycles. The van der Waals surface area contributed by atoms with Gasteiger partial charge in [-0.3, -0.25) is 9.78 Å². The zero-order valence-corrected chi connectivity index (χ0v) is 14.8. The maximum absolute atomic E-state index is 12.3. The van der Waals surface area contributed by atoms with Crippen molar-refractivity contribution in [3.63, 3.8) is 0 Å². The van der Waals surface area contributed by atoms with Crippen LogP contribution in [0.3, 0.4) is 0 Å². The lowest BCUT2D eigenvalue weighted by atomic mass is 10.1. The molecule has 3 aromatic rings. The summed E-state index contributed by atoms with van der Waals surface area (Å²) >= 11 is 0. The molecule has 1 amide bonds. The highest BCUT2D eigenvalue weighted by atomic mass is 16.5. The zero-order chi connectivity index (χ0) is 18.2. The maximum Gasteiger partial charge on any atom is 0.227 e. The Labute approximate surface area is 152 Å². The molecule has 0 aliphatic carbocycles. The topological polar surface area (TPSA) is 72.1 Å². The summed E-state index contributed by atoms with van der Waals surface area (Å²) in [6.45, 7) is 0.735. The van der Waals surface area contributed by atoms with Crippen LogP contribution in [0, 0.1) is 0 Å². The van der Waals surface area contributed by atoms with Crippen LogP contribution in [0.4, 0.5) is 0 Å². The first-order valence-corrected chi connectivity index (χ1v) is 8.73. The molecule has 0 unspecified atom stereocenters. The lowest BCUT2D eigenvalue weighted by molar-refractivity contribution is -0.130. The van der Waals surface area contributed by atoms with Gasteiger partial charge in [0.15, 0.2) is 0 Å². The van der Waals surface area contributed by atoms with E-state index < -0.39 is 0 Å². The Hall–Kier alpha value is -3.02. The van der Waals surface area contributed by atoms with Crippen LogP contribution in [0.2, 0.25) is 0 Å². The van der Waals surface area contributed by atoms with Crippen molar-refractivity contribution >= 4 is 5.91 Å². The molecule has 0 radical (unpaired) electrons. The third-order valence-electron chi connectivity index (χ3n) is 4.17. The number of benzene rings is 1. The quantitative estimate of drug-likeness (QED) is 0.624. The second-order valence-electron chi connectivity index (χ2n) is 6.16. The van der Waals surface area contributed by atoms with Crippen LogP contribution in [-0.2, 0) is 17.6 Å². The molecule has 0 saturated heterocycles. The monoisotopic (exact) mass is 350 g/mol. The molecule has 0 aliphatic heterocycles. The fourth-order valence-electron chi connectivity index (χ4n) is 2.66. The van der Waals surface area contributed by atoms with E-state index in [1.54, 1.807) is 17.3 Å². The molecule has 0 spiro atoms. The van der Waals surface area contributed by atoms with Gasteiger partial charge in [0.1, 0.15) is 0 Å². The van der Waals surface area contributed by atoms with Crippen molar-refractivity contribution in [2.45, 2.75) is 25.7 Å². The number of hydrogen-bond donors (Lipinski definition) is 0. The largest absolute Gasteiger partial charge is 0.346 e. The molecule has 1 aromatic carbocycles. The Morgan fingerprint density at radius 1 is 1.12 bits per heavy atom. The van der Waals surface area contributed by atoms with Gasteiger partial charge in [-0.15, -0.1) is 0 Å². The van der Waals surface area contributed by atoms with E-state index in [0.717, 1.165) is 24.9 Å². The van der Waals surface area contributed by atoms with Crippen LogP contribution >= 0.6 is 0 Å². The Bertz CT molecular complexity index is 818. The van der Waals surface area contributed by atoms with Gasteiger partial charge in [-0.1, -0.05) is 35.5 Å². The number of pyridine rings is 1. The number of carbonyl (C=O) groups excluding carboxylic acids is 1. The van der Waals surface area contributed by atoms with Crippen molar-refractivity contribution in [1.29, 1.82) is 0 Å². The molecule has 2 aromatic heterocycles. The molecule has 0 aliphatic rings. The standard InChI is InChI=1S/C20H22N4O2/c1-24(14-6-9-16-7-3-2-4-8-16)19(25)12-11-18-22-20(23-26-18)17-10-5-13-21-15-17/h2-5,7-8,10,13,15H,6,9,11-12,14H2,1H3. The van der Waals surface area contributed by atoms with Crippen molar-refractivity contribution in [3.05, 3.63) is 66.3 Å². The van der Waals surface area contributed by atoms with Crippen LogP contribution in [0.1, 0.15) is 24.3 Å². The van der Waals surface area contributed by atoms with Crippen molar-refractivity contribution < 1.29 is 9.32 Å². The van der Waals surface area contributed by atoms with E-state index in [4.69, 9.17) is 4.52 Å². The number of amides is 1. The third kappa shape index (κ3) is 4.99. The first-order valence-electron chi connectivity index (χ1n) is 8.73. The van der Waals surface area contributed by atoms with Gasteiger partial charge >= 0.3 is 0 Å². The van der Waals surface area contributed by atoms with Gasteiger partial charge in [-0.2, -0.15) is 4.98 Å². The molecular formula is C20H22N4O2. The molecule has 6 heteroatoms. The second kappa shape index (κ2) is 8.89. The number of aromatic nitrogens is 3. The number of nitrogens with zero attached hydrogens (tertiary/aromatic N) is 4. The maximum atomic E-state index is 12.3. The zero-order valence-electron chi connectivity index (χ0n) is 14.8. The lowest BCUT2D eigenvalue weighted by Crippen LogP contribution is -2.28. The Morgan fingerprint density at radius 3 is 2.73 bits per heavy atom. The average Bonchev–Trinajstić information content (AvgIpc) is 3.16. The summed E-state index contributed by atoms with van der Waals surface area (Å²) in [7, 11) is 1.84. The lowest BCUT2D eigenvalue weighted by Gasteiger charge is -2.16. The van der Waals surface area contributed by atoms with Crippen LogP contribution in [0.25, 0.3) is 11.4 Å². The number of aryl methyl sites for hydroxylation is 2. The van der Waals surface area contributed by atoms with Crippen LogP contribution < -0.4 is 0 Å². The predicted molar refractivity (Wildman–Crippen MR) is 98.3 cm³/mol. The van der Waals surface area contributed by atoms with Gasteiger partial charge in [-0.05, 0) is 30.5 Å². The molecule has 0 fully saturated rings. The van der Waals surface area contributed by atoms with Crippen molar-refractivity contribution in [2.75, 3.05) is 13.6 Å². The molecule has 2 heterocycles. The van der Waals surface area contributed by atoms with Crippen LogP contribution in [-0.4, -0.2) is 39.5 Å². The average molecular weight is 350 g/mol. The minimum atomic E-state index is 0.0826. The van der Waals surface area contributed by atoms with Gasteiger partial charge in [0, 0.05) is 44.4 Å². The second-order valence-corrected chi connectivity index (χ2v) is 6.16. The van der Waals surface area contributed by atoms with E-state index in [2.05, 4.69) is 27.3 Å². The SMILES string of the molecule is CN(CCCc1ccccc1)C(=O)CCc1nc(-c2cccnc2)no1. The molecule has 0 bridgehead atoms. The summed E-state index contributed by atoms with van der Waals surface area (Å²) in [4.78, 5) is 22.4. The van der Waals surface area contributed by atoms with Gasteiger partial charge in [0.25, 0.3) is 0 Å². The fraction of sp³-hybridized carbons (Fsp3) is 0.300. The van der Waals surface area contributed by atoms with Crippen molar-refractivity contribution in [2.24, 2.45) is 0 Å². The Kier molecular flexibility index (Phi) is 6.09. The molecule has 3 rings (SSSR count). The highest BCUT2D eigenvalue weighted by Crippen LogP contribution is 2.14. The van der Waals surface area contributed by atoms with E-state index in [9.17, 15) is 4.79 Å². The van der Waals surface area contributed by atoms with Gasteiger partial charge in [0.2, 0.25) is 17.6 Å². The molecule has 0 N–H and O–H groups in total. The number of rotatable bonds is 8. The summed E-state index contributed by atoms with van der Waals surface area (Å²) < 4.78 is 5.23. The van der Waals surface area contributed by atoms with Crippen LogP contribution in [0.15, 0.2) is 59.4 Å².